The fourth-order valence-corrected chi connectivity index (χ4v) is 2.59. The first-order valence-electron chi connectivity index (χ1n) is 6.39. The zero-order chi connectivity index (χ0) is 13.1. The maximum absolute atomic E-state index is 11.7. The van der Waals surface area contributed by atoms with E-state index < -0.39 is 0 Å². The van der Waals surface area contributed by atoms with Gasteiger partial charge in [-0.25, -0.2) is 4.79 Å². The Morgan fingerprint density at radius 1 is 1.28 bits per heavy atom. The zero-order valence-corrected chi connectivity index (χ0v) is 10.6. The number of hydrogen-bond acceptors (Lipinski definition) is 3. The molecule has 6 nitrogen and oxygen atoms in total. The van der Waals surface area contributed by atoms with Crippen molar-refractivity contribution in [1.82, 2.24) is 15.1 Å². The van der Waals surface area contributed by atoms with Crippen molar-refractivity contribution in [3.05, 3.63) is 0 Å². The number of Topliss-reactive ketones (excluding diaryl/α,β-unsaturated/α-hetero) is 1. The van der Waals surface area contributed by atoms with Crippen LogP contribution >= 0.6 is 0 Å². The van der Waals surface area contributed by atoms with E-state index in [-0.39, 0.29) is 30.2 Å². The summed E-state index contributed by atoms with van der Waals surface area (Å²) in [6.45, 7) is 4.17. The number of urea groups is 1. The van der Waals surface area contributed by atoms with E-state index in [0.717, 1.165) is 19.4 Å². The molecule has 6 heteroatoms. The molecule has 0 unspecified atom stereocenters. The van der Waals surface area contributed by atoms with Crippen molar-refractivity contribution < 1.29 is 14.4 Å². The molecule has 2 saturated heterocycles. The number of ketones is 1. The number of carbonyl (C=O) groups excluding carboxylic acids is 3. The van der Waals surface area contributed by atoms with Crippen LogP contribution in [0, 0.1) is 0 Å². The highest BCUT2D eigenvalue weighted by atomic mass is 16.2. The highest BCUT2D eigenvalue weighted by Crippen LogP contribution is 2.18. The fraction of sp³-hybridized carbons (Fsp3) is 0.750. The molecule has 0 atom stereocenters. The zero-order valence-electron chi connectivity index (χ0n) is 10.6. The topological polar surface area (TPSA) is 69.7 Å². The molecule has 3 amide bonds. The van der Waals surface area contributed by atoms with Crippen LogP contribution < -0.4 is 5.32 Å². The van der Waals surface area contributed by atoms with Crippen LogP contribution in [-0.4, -0.2) is 59.7 Å². The number of piperidine rings is 1. The summed E-state index contributed by atoms with van der Waals surface area (Å²) in [7, 11) is 0. The summed E-state index contributed by atoms with van der Waals surface area (Å²) < 4.78 is 0. The predicted molar refractivity (Wildman–Crippen MR) is 65.0 cm³/mol. The van der Waals surface area contributed by atoms with Crippen molar-refractivity contribution in [1.29, 1.82) is 0 Å². The second kappa shape index (κ2) is 5.37. The van der Waals surface area contributed by atoms with E-state index in [4.69, 9.17) is 0 Å². The van der Waals surface area contributed by atoms with Crippen molar-refractivity contribution in [3.8, 4) is 0 Å². The van der Waals surface area contributed by atoms with Crippen molar-refractivity contribution in [2.75, 3.05) is 26.2 Å². The van der Waals surface area contributed by atoms with Crippen molar-refractivity contribution in [3.63, 3.8) is 0 Å². The van der Waals surface area contributed by atoms with Gasteiger partial charge in [0.25, 0.3) is 0 Å². The molecule has 0 saturated carbocycles. The molecule has 0 aromatic heterocycles. The lowest BCUT2D eigenvalue weighted by Gasteiger charge is -2.36. The van der Waals surface area contributed by atoms with Gasteiger partial charge in [0.15, 0.2) is 0 Å². The third-order valence-corrected chi connectivity index (χ3v) is 3.55. The number of hydrogen-bond donors (Lipinski definition) is 1. The minimum Gasteiger partial charge on any atom is -0.342 e. The summed E-state index contributed by atoms with van der Waals surface area (Å²) in [5.74, 6) is -0.187. The smallest absolute Gasteiger partial charge is 0.317 e. The van der Waals surface area contributed by atoms with Gasteiger partial charge < -0.3 is 15.1 Å². The molecule has 2 aliphatic rings. The lowest BCUT2D eigenvalue weighted by Crippen LogP contribution is -2.47. The molecule has 2 fully saturated rings. The molecule has 0 radical (unpaired) electrons. The first-order chi connectivity index (χ1) is 8.58. The lowest BCUT2D eigenvalue weighted by atomic mass is 10.0. The number of rotatable bonds is 3. The van der Waals surface area contributed by atoms with Crippen LogP contribution in [-0.2, 0) is 9.59 Å². The van der Waals surface area contributed by atoms with Crippen molar-refractivity contribution >= 4 is 17.7 Å². The minimum absolute atomic E-state index is 0.00325. The molecular formula is C12H19N3O3. The number of likely N-dealkylation sites (tertiary alicyclic amines) is 1. The quantitative estimate of drug-likeness (QED) is 0.719. The highest BCUT2D eigenvalue weighted by molar-refractivity contribution is 5.96. The molecule has 2 heterocycles. The van der Waals surface area contributed by atoms with E-state index in [1.165, 1.54) is 6.92 Å². The van der Waals surface area contributed by atoms with Crippen LogP contribution in [0.5, 0.6) is 0 Å². The molecule has 0 aliphatic carbocycles. The van der Waals surface area contributed by atoms with Crippen molar-refractivity contribution in [2.24, 2.45) is 0 Å². The van der Waals surface area contributed by atoms with Gasteiger partial charge in [0, 0.05) is 32.2 Å². The van der Waals surface area contributed by atoms with E-state index in [1.54, 1.807) is 4.90 Å². The summed E-state index contributed by atoms with van der Waals surface area (Å²) in [6.07, 6.45) is 1.60. The SMILES string of the molecule is CC(=O)CC(=O)N1CCC(N2CCNC2=O)CC1. The molecule has 0 spiro atoms. The summed E-state index contributed by atoms with van der Waals surface area (Å²) in [6, 6.07) is 0.234. The molecule has 0 aromatic carbocycles. The minimum atomic E-state index is -0.0963. The molecule has 0 aromatic rings. The highest BCUT2D eigenvalue weighted by Gasteiger charge is 2.31. The Morgan fingerprint density at radius 2 is 1.94 bits per heavy atom. The second-order valence-electron chi connectivity index (χ2n) is 4.92. The van der Waals surface area contributed by atoms with Gasteiger partial charge in [0.1, 0.15) is 5.78 Å². The third kappa shape index (κ3) is 2.80. The van der Waals surface area contributed by atoms with Gasteiger partial charge in [-0.15, -0.1) is 0 Å². The number of carbonyl (C=O) groups is 3. The van der Waals surface area contributed by atoms with Gasteiger partial charge in [-0.05, 0) is 19.8 Å². The first-order valence-corrected chi connectivity index (χ1v) is 6.39. The second-order valence-corrected chi connectivity index (χ2v) is 4.92. The Hall–Kier alpha value is -1.59. The summed E-state index contributed by atoms with van der Waals surface area (Å²) in [4.78, 5) is 37.7. The predicted octanol–water partition coefficient (Wildman–Crippen LogP) is -0.0183. The van der Waals surface area contributed by atoms with E-state index in [2.05, 4.69) is 5.32 Å². The van der Waals surface area contributed by atoms with Gasteiger partial charge in [-0.1, -0.05) is 0 Å². The van der Waals surface area contributed by atoms with E-state index >= 15 is 0 Å². The first kappa shape index (κ1) is 12.9. The average Bonchev–Trinajstić information content (AvgIpc) is 2.75. The fourth-order valence-electron chi connectivity index (χ4n) is 2.59. The number of nitrogens with one attached hydrogen (secondary N) is 1. The van der Waals surface area contributed by atoms with Gasteiger partial charge in [0.2, 0.25) is 5.91 Å². The number of nitrogens with zero attached hydrogens (tertiary/aromatic N) is 2. The van der Waals surface area contributed by atoms with Crippen LogP contribution in [0.15, 0.2) is 0 Å². The van der Waals surface area contributed by atoms with Crippen LogP contribution in [0.2, 0.25) is 0 Å². The van der Waals surface area contributed by atoms with E-state index in [1.807, 2.05) is 4.90 Å². The molecular weight excluding hydrogens is 234 g/mol. The van der Waals surface area contributed by atoms with E-state index in [0.29, 0.717) is 19.6 Å². The third-order valence-electron chi connectivity index (χ3n) is 3.55. The van der Waals surface area contributed by atoms with Gasteiger partial charge in [-0.2, -0.15) is 0 Å². The number of amides is 3. The maximum Gasteiger partial charge on any atom is 0.317 e. The molecule has 1 N–H and O–H groups in total. The monoisotopic (exact) mass is 253 g/mol. The normalized spacial score (nSPS) is 21.1. The Labute approximate surface area is 106 Å². The molecule has 2 aliphatic heterocycles. The Bertz CT molecular complexity index is 362. The summed E-state index contributed by atoms with van der Waals surface area (Å²) in [5, 5.41) is 2.79. The summed E-state index contributed by atoms with van der Waals surface area (Å²) in [5.41, 5.74) is 0. The molecule has 100 valence electrons. The van der Waals surface area contributed by atoms with Crippen LogP contribution in [0.25, 0.3) is 0 Å². The standard InChI is InChI=1S/C12H19N3O3/c1-9(16)8-11(17)14-5-2-10(3-6-14)15-7-4-13-12(15)18/h10H,2-8H2,1H3,(H,13,18). The molecule has 18 heavy (non-hydrogen) atoms. The van der Waals surface area contributed by atoms with Crippen molar-refractivity contribution in [2.45, 2.75) is 32.2 Å². The average molecular weight is 253 g/mol. The lowest BCUT2D eigenvalue weighted by molar-refractivity contribution is -0.135. The maximum atomic E-state index is 11.7. The molecule has 0 bridgehead atoms. The Morgan fingerprint density at radius 3 is 2.44 bits per heavy atom. The van der Waals surface area contributed by atoms with Crippen LogP contribution in [0.4, 0.5) is 4.79 Å². The van der Waals surface area contributed by atoms with Gasteiger partial charge in [-0.3, -0.25) is 9.59 Å². The van der Waals surface area contributed by atoms with Gasteiger partial charge >= 0.3 is 6.03 Å². The summed E-state index contributed by atoms with van der Waals surface area (Å²) >= 11 is 0. The van der Waals surface area contributed by atoms with E-state index in [9.17, 15) is 14.4 Å². The van der Waals surface area contributed by atoms with Gasteiger partial charge in [0.05, 0.1) is 6.42 Å². The Kier molecular flexibility index (Phi) is 3.84. The largest absolute Gasteiger partial charge is 0.342 e. The van der Waals surface area contributed by atoms with Crippen LogP contribution in [0.1, 0.15) is 26.2 Å². The Balaban J connectivity index is 1.82. The molecule has 2 rings (SSSR count). The van der Waals surface area contributed by atoms with Crippen LogP contribution in [0.3, 0.4) is 0 Å².